The number of carbonyl (C=O) groups is 2. The lowest BCUT2D eigenvalue weighted by molar-refractivity contribution is 0.0941. The molecule has 5 nitrogen and oxygen atoms in total. The highest BCUT2D eigenvalue weighted by Gasteiger charge is 2.21. The molecule has 0 spiro atoms. The first-order chi connectivity index (χ1) is 15.6. The predicted molar refractivity (Wildman–Crippen MR) is 127 cm³/mol. The normalized spacial score (nSPS) is 12.2. The zero-order valence-corrected chi connectivity index (χ0v) is 18.6. The van der Waals surface area contributed by atoms with Crippen molar-refractivity contribution in [2.75, 3.05) is 13.7 Å². The molecule has 1 aliphatic rings. The Bertz CT molecular complexity index is 1010. The van der Waals surface area contributed by atoms with Crippen molar-refractivity contribution in [1.82, 2.24) is 10.6 Å². The Hall–Kier alpha value is -3.60. The van der Waals surface area contributed by atoms with Crippen molar-refractivity contribution >= 4 is 11.8 Å². The van der Waals surface area contributed by atoms with E-state index < -0.39 is 0 Å². The third-order valence-corrected chi connectivity index (χ3v) is 5.21. The van der Waals surface area contributed by atoms with Crippen LogP contribution in [0, 0.1) is 12.8 Å². The SMILES string of the molecule is COc1ccccc1C(=O)NCc1ccc(C)cc1.O=C(NCC1CC1)c1ccccc1. The molecule has 0 atom stereocenters. The number of carbonyl (C=O) groups excluding carboxylic acids is 2. The zero-order valence-electron chi connectivity index (χ0n) is 18.6. The van der Waals surface area contributed by atoms with E-state index in [0.29, 0.717) is 17.9 Å². The van der Waals surface area contributed by atoms with Gasteiger partial charge in [0.05, 0.1) is 12.7 Å². The van der Waals surface area contributed by atoms with Gasteiger partial charge in [-0.2, -0.15) is 0 Å². The quantitative estimate of drug-likeness (QED) is 0.568. The van der Waals surface area contributed by atoms with Gasteiger partial charge < -0.3 is 15.4 Å². The smallest absolute Gasteiger partial charge is 0.255 e. The van der Waals surface area contributed by atoms with E-state index in [4.69, 9.17) is 4.74 Å². The molecule has 2 N–H and O–H groups in total. The fourth-order valence-corrected chi connectivity index (χ4v) is 3.07. The molecule has 5 heteroatoms. The van der Waals surface area contributed by atoms with Crippen molar-refractivity contribution in [3.05, 3.63) is 101 Å². The Morgan fingerprint density at radius 1 is 0.844 bits per heavy atom. The summed E-state index contributed by atoms with van der Waals surface area (Å²) in [6.07, 6.45) is 2.55. The van der Waals surface area contributed by atoms with Crippen molar-refractivity contribution in [1.29, 1.82) is 0 Å². The average Bonchev–Trinajstić information content (AvgIpc) is 3.67. The molecule has 2 amide bonds. The molecule has 1 aliphatic carbocycles. The van der Waals surface area contributed by atoms with E-state index in [1.54, 1.807) is 19.2 Å². The lowest BCUT2D eigenvalue weighted by Crippen LogP contribution is -2.25. The number of benzene rings is 3. The minimum absolute atomic E-state index is 0.0486. The van der Waals surface area contributed by atoms with Crippen molar-refractivity contribution in [3.8, 4) is 5.75 Å². The second kappa shape index (κ2) is 11.7. The maximum atomic E-state index is 12.1. The molecule has 1 fully saturated rings. The van der Waals surface area contributed by atoms with Crippen LogP contribution in [0.2, 0.25) is 0 Å². The van der Waals surface area contributed by atoms with Gasteiger partial charge >= 0.3 is 0 Å². The Morgan fingerprint density at radius 2 is 1.50 bits per heavy atom. The molecule has 3 aromatic rings. The van der Waals surface area contributed by atoms with E-state index in [9.17, 15) is 9.59 Å². The topological polar surface area (TPSA) is 67.4 Å². The van der Waals surface area contributed by atoms with E-state index in [1.165, 1.54) is 18.4 Å². The maximum absolute atomic E-state index is 12.1. The minimum Gasteiger partial charge on any atom is -0.496 e. The van der Waals surface area contributed by atoms with Gasteiger partial charge in [0.15, 0.2) is 0 Å². The van der Waals surface area contributed by atoms with Gasteiger partial charge in [-0.1, -0.05) is 60.2 Å². The number of hydrogen-bond donors (Lipinski definition) is 2. The molecule has 1 saturated carbocycles. The van der Waals surface area contributed by atoms with E-state index in [2.05, 4.69) is 10.6 Å². The highest BCUT2D eigenvalue weighted by atomic mass is 16.5. The summed E-state index contributed by atoms with van der Waals surface area (Å²) >= 11 is 0. The molecule has 0 radical (unpaired) electrons. The lowest BCUT2D eigenvalue weighted by atomic mass is 10.1. The summed E-state index contributed by atoms with van der Waals surface area (Å²) in [5.74, 6) is 1.25. The highest BCUT2D eigenvalue weighted by Crippen LogP contribution is 2.27. The van der Waals surface area contributed by atoms with Crippen LogP contribution in [-0.4, -0.2) is 25.5 Å². The van der Waals surface area contributed by atoms with Crippen molar-refractivity contribution in [3.63, 3.8) is 0 Å². The molecule has 0 unspecified atom stereocenters. The molecule has 0 bridgehead atoms. The Morgan fingerprint density at radius 3 is 2.16 bits per heavy atom. The average molecular weight is 431 g/mol. The van der Waals surface area contributed by atoms with E-state index in [-0.39, 0.29) is 11.8 Å². The second-order valence-corrected chi connectivity index (χ2v) is 7.89. The van der Waals surface area contributed by atoms with Crippen molar-refractivity contribution < 1.29 is 14.3 Å². The number of aryl methyl sites for hydroxylation is 1. The zero-order chi connectivity index (χ0) is 22.8. The van der Waals surface area contributed by atoms with E-state index in [1.807, 2.05) is 73.7 Å². The standard InChI is InChI=1S/C16H17NO2.C11H13NO/c1-12-7-9-13(10-8-12)11-17-16(18)14-5-3-4-6-15(14)19-2;13-11(12-8-9-6-7-9)10-4-2-1-3-5-10/h3-10H,11H2,1-2H3,(H,17,18);1-5,9H,6-8H2,(H,12,13). The molecule has 0 saturated heterocycles. The number of para-hydroxylation sites is 1. The van der Waals surface area contributed by atoms with Crippen LogP contribution < -0.4 is 15.4 Å². The summed E-state index contributed by atoms with van der Waals surface area (Å²) in [5.41, 5.74) is 3.59. The summed E-state index contributed by atoms with van der Waals surface area (Å²) in [4.78, 5) is 23.5. The van der Waals surface area contributed by atoms with Gasteiger partial charge in [0.2, 0.25) is 0 Å². The summed E-state index contributed by atoms with van der Waals surface area (Å²) in [5, 5.41) is 5.81. The molecular formula is C27H30N2O3. The minimum atomic E-state index is -0.127. The van der Waals surface area contributed by atoms with Gasteiger partial charge in [-0.15, -0.1) is 0 Å². The molecule has 32 heavy (non-hydrogen) atoms. The van der Waals surface area contributed by atoms with Gasteiger partial charge in [0.25, 0.3) is 11.8 Å². The van der Waals surface area contributed by atoms with Crippen LogP contribution in [0.5, 0.6) is 5.75 Å². The van der Waals surface area contributed by atoms with Crippen LogP contribution in [0.25, 0.3) is 0 Å². The van der Waals surface area contributed by atoms with E-state index in [0.717, 1.165) is 23.6 Å². The summed E-state index contributed by atoms with van der Waals surface area (Å²) < 4.78 is 5.17. The van der Waals surface area contributed by atoms with Crippen LogP contribution in [-0.2, 0) is 6.54 Å². The highest BCUT2D eigenvalue weighted by molar-refractivity contribution is 5.96. The summed E-state index contributed by atoms with van der Waals surface area (Å²) in [6.45, 7) is 3.39. The van der Waals surface area contributed by atoms with Gasteiger partial charge in [0.1, 0.15) is 5.75 Å². The molecule has 0 aromatic heterocycles. The maximum Gasteiger partial charge on any atom is 0.255 e. The number of ether oxygens (including phenoxy) is 1. The van der Waals surface area contributed by atoms with Crippen molar-refractivity contribution in [2.45, 2.75) is 26.3 Å². The second-order valence-electron chi connectivity index (χ2n) is 7.89. The van der Waals surface area contributed by atoms with Crippen LogP contribution in [0.1, 0.15) is 44.7 Å². The first-order valence-corrected chi connectivity index (χ1v) is 10.9. The van der Waals surface area contributed by atoms with Crippen LogP contribution >= 0.6 is 0 Å². The first-order valence-electron chi connectivity index (χ1n) is 10.9. The fraction of sp³-hybridized carbons (Fsp3) is 0.259. The van der Waals surface area contributed by atoms with Crippen LogP contribution in [0.15, 0.2) is 78.9 Å². The molecule has 4 rings (SSSR count). The number of methoxy groups -OCH3 is 1. The Kier molecular flexibility index (Phi) is 8.44. The van der Waals surface area contributed by atoms with Gasteiger partial charge in [-0.3, -0.25) is 9.59 Å². The van der Waals surface area contributed by atoms with Crippen molar-refractivity contribution in [2.24, 2.45) is 5.92 Å². The molecule has 0 aliphatic heterocycles. The van der Waals surface area contributed by atoms with Gasteiger partial charge in [-0.25, -0.2) is 0 Å². The Balaban J connectivity index is 0.000000193. The van der Waals surface area contributed by atoms with E-state index >= 15 is 0 Å². The molecular weight excluding hydrogens is 400 g/mol. The first kappa shape index (κ1) is 23.1. The predicted octanol–water partition coefficient (Wildman–Crippen LogP) is 4.76. The van der Waals surface area contributed by atoms with Gasteiger partial charge in [0, 0.05) is 18.7 Å². The number of amides is 2. The number of hydrogen-bond acceptors (Lipinski definition) is 3. The molecule has 166 valence electrons. The van der Waals surface area contributed by atoms with Gasteiger partial charge in [-0.05, 0) is 55.5 Å². The van der Waals surface area contributed by atoms with Crippen LogP contribution in [0.3, 0.4) is 0 Å². The summed E-state index contributed by atoms with van der Waals surface area (Å²) in [6, 6.07) is 24.6. The van der Waals surface area contributed by atoms with Crippen LogP contribution in [0.4, 0.5) is 0 Å². The lowest BCUT2D eigenvalue weighted by Gasteiger charge is -2.09. The molecule has 0 heterocycles. The third-order valence-electron chi connectivity index (χ3n) is 5.21. The molecule has 3 aromatic carbocycles. The number of nitrogens with one attached hydrogen (secondary N) is 2. The largest absolute Gasteiger partial charge is 0.496 e. The third kappa shape index (κ3) is 7.27. The number of rotatable bonds is 7. The Labute approximate surface area is 189 Å². The fourth-order valence-electron chi connectivity index (χ4n) is 3.07. The summed E-state index contributed by atoms with van der Waals surface area (Å²) in [7, 11) is 1.56. The monoisotopic (exact) mass is 430 g/mol.